The molecule has 1 aromatic carbocycles. The van der Waals surface area contributed by atoms with Gasteiger partial charge in [-0.2, -0.15) is 15.2 Å². The molecule has 6 nitrogen and oxygen atoms in total. The van der Waals surface area contributed by atoms with E-state index in [0.717, 1.165) is 24.9 Å². The first-order valence-corrected chi connectivity index (χ1v) is 8.13. The molecule has 3 aromatic rings. The van der Waals surface area contributed by atoms with Crippen LogP contribution in [0.5, 0.6) is 0 Å². The Balaban J connectivity index is 1.91. The highest BCUT2D eigenvalue weighted by Crippen LogP contribution is 2.20. The number of imidazole rings is 1. The number of aryl methyl sites for hydroxylation is 2. The Morgan fingerprint density at radius 1 is 1.29 bits per heavy atom. The summed E-state index contributed by atoms with van der Waals surface area (Å²) in [7, 11) is 0. The second kappa shape index (κ2) is 7.09. The summed E-state index contributed by atoms with van der Waals surface area (Å²) in [6, 6.07) is 10.3. The van der Waals surface area contributed by atoms with Crippen molar-refractivity contribution in [2.45, 2.75) is 39.8 Å². The summed E-state index contributed by atoms with van der Waals surface area (Å²) >= 11 is 0. The molecule has 6 heteroatoms. The molecule has 0 spiro atoms. The van der Waals surface area contributed by atoms with Crippen LogP contribution in [-0.4, -0.2) is 19.5 Å². The van der Waals surface area contributed by atoms with Gasteiger partial charge in [0.25, 0.3) is 0 Å². The lowest BCUT2D eigenvalue weighted by molar-refractivity contribution is 0.641. The zero-order valence-corrected chi connectivity index (χ0v) is 14.0. The molecule has 0 amide bonds. The fraction of sp³-hybridized carbons (Fsp3) is 0.333. The van der Waals surface area contributed by atoms with Crippen LogP contribution in [0, 0.1) is 18.3 Å². The molecule has 0 saturated heterocycles. The van der Waals surface area contributed by atoms with Crippen LogP contribution < -0.4 is 5.32 Å². The first-order chi connectivity index (χ1) is 11.7. The fourth-order valence-electron chi connectivity index (χ4n) is 2.62. The normalized spacial score (nSPS) is 10.7. The highest BCUT2D eigenvalue weighted by atomic mass is 15.2. The molecule has 0 atom stereocenters. The van der Waals surface area contributed by atoms with E-state index in [4.69, 9.17) is 0 Å². The van der Waals surface area contributed by atoms with E-state index in [1.165, 1.54) is 5.56 Å². The second-order valence-corrected chi connectivity index (χ2v) is 5.81. The predicted octanol–water partition coefficient (Wildman–Crippen LogP) is 3.42. The molecule has 0 aliphatic rings. The van der Waals surface area contributed by atoms with Gasteiger partial charge in [-0.05, 0) is 18.9 Å². The van der Waals surface area contributed by atoms with E-state index in [0.29, 0.717) is 23.5 Å². The second-order valence-electron chi connectivity index (χ2n) is 5.81. The van der Waals surface area contributed by atoms with E-state index in [2.05, 4.69) is 52.3 Å². The highest BCUT2D eigenvalue weighted by molar-refractivity contribution is 5.83. The summed E-state index contributed by atoms with van der Waals surface area (Å²) in [5.74, 6) is 0.765. The van der Waals surface area contributed by atoms with Crippen molar-refractivity contribution in [1.82, 2.24) is 19.5 Å². The van der Waals surface area contributed by atoms with Gasteiger partial charge in [-0.15, -0.1) is 0 Å². The Bertz CT molecular complexity index is 890. The molecule has 0 saturated carbocycles. The quantitative estimate of drug-likeness (QED) is 0.753. The van der Waals surface area contributed by atoms with Crippen molar-refractivity contribution in [3.05, 3.63) is 47.5 Å². The van der Waals surface area contributed by atoms with Crippen molar-refractivity contribution in [3.8, 4) is 6.07 Å². The first kappa shape index (κ1) is 15.9. The molecule has 0 unspecified atom stereocenters. The summed E-state index contributed by atoms with van der Waals surface area (Å²) in [5, 5.41) is 12.5. The summed E-state index contributed by atoms with van der Waals surface area (Å²) in [6.45, 7) is 5.67. The van der Waals surface area contributed by atoms with Crippen LogP contribution in [0.15, 0.2) is 30.6 Å². The number of rotatable bonds is 6. The van der Waals surface area contributed by atoms with E-state index in [-0.39, 0.29) is 5.82 Å². The zero-order valence-electron chi connectivity index (χ0n) is 14.0. The third-order valence-corrected chi connectivity index (χ3v) is 3.86. The molecule has 24 heavy (non-hydrogen) atoms. The minimum Gasteiger partial charge on any atom is -0.364 e. The van der Waals surface area contributed by atoms with E-state index in [1.807, 2.05) is 16.7 Å². The van der Waals surface area contributed by atoms with Gasteiger partial charge in [0.05, 0.1) is 6.33 Å². The van der Waals surface area contributed by atoms with E-state index in [1.54, 1.807) is 6.33 Å². The van der Waals surface area contributed by atoms with Gasteiger partial charge in [0.1, 0.15) is 6.07 Å². The number of aromatic nitrogens is 4. The molecule has 3 rings (SSSR count). The molecule has 0 fully saturated rings. The summed E-state index contributed by atoms with van der Waals surface area (Å²) in [6.07, 6.45) is 3.91. The summed E-state index contributed by atoms with van der Waals surface area (Å²) in [4.78, 5) is 13.1. The Kier molecular flexibility index (Phi) is 4.71. The number of hydrogen-bond donors (Lipinski definition) is 1. The molecule has 2 aromatic heterocycles. The average Bonchev–Trinajstić information content (AvgIpc) is 3.00. The topological polar surface area (TPSA) is 79.4 Å². The maximum Gasteiger partial charge on any atom is 0.236 e. The maximum absolute atomic E-state index is 9.22. The molecule has 0 radical (unpaired) electrons. The highest BCUT2D eigenvalue weighted by Gasteiger charge is 2.13. The monoisotopic (exact) mass is 320 g/mol. The van der Waals surface area contributed by atoms with Gasteiger partial charge in [0, 0.05) is 13.1 Å². The Morgan fingerprint density at radius 3 is 2.92 bits per heavy atom. The van der Waals surface area contributed by atoms with Crippen LogP contribution in [-0.2, 0) is 13.1 Å². The first-order valence-electron chi connectivity index (χ1n) is 8.13. The minimum atomic E-state index is 0.160. The lowest BCUT2D eigenvalue weighted by Gasteiger charge is -2.08. The van der Waals surface area contributed by atoms with Crippen molar-refractivity contribution in [1.29, 1.82) is 5.26 Å². The average molecular weight is 320 g/mol. The number of hydrogen-bond acceptors (Lipinski definition) is 5. The Labute approximate surface area is 141 Å². The zero-order chi connectivity index (χ0) is 16.9. The van der Waals surface area contributed by atoms with Gasteiger partial charge < -0.3 is 9.88 Å². The van der Waals surface area contributed by atoms with Gasteiger partial charge >= 0.3 is 0 Å². The van der Waals surface area contributed by atoms with Crippen molar-refractivity contribution in [2.75, 3.05) is 5.32 Å². The molecular weight excluding hydrogens is 300 g/mol. The largest absolute Gasteiger partial charge is 0.364 e. The number of fused-ring (bicyclic) bond motifs is 1. The SMILES string of the molecule is CCCCn1cnc2c(NCc3cccc(C)c3)nc(C#N)nc21. The minimum absolute atomic E-state index is 0.160. The Hall–Kier alpha value is -2.94. The van der Waals surface area contributed by atoms with Crippen LogP contribution in [0.3, 0.4) is 0 Å². The van der Waals surface area contributed by atoms with Crippen molar-refractivity contribution >= 4 is 17.0 Å². The molecular formula is C18H20N6. The van der Waals surface area contributed by atoms with Crippen LogP contribution in [0.4, 0.5) is 5.82 Å². The van der Waals surface area contributed by atoms with E-state index >= 15 is 0 Å². The molecule has 2 heterocycles. The molecule has 122 valence electrons. The van der Waals surface area contributed by atoms with Crippen molar-refractivity contribution in [2.24, 2.45) is 0 Å². The lowest BCUT2D eigenvalue weighted by Crippen LogP contribution is -2.06. The van der Waals surface area contributed by atoms with Gasteiger partial charge in [-0.1, -0.05) is 43.2 Å². The van der Waals surface area contributed by atoms with Gasteiger partial charge in [-0.25, -0.2) is 4.98 Å². The lowest BCUT2D eigenvalue weighted by atomic mass is 10.1. The number of benzene rings is 1. The van der Waals surface area contributed by atoms with Gasteiger partial charge in [0.15, 0.2) is 17.0 Å². The van der Waals surface area contributed by atoms with Crippen molar-refractivity contribution < 1.29 is 0 Å². The van der Waals surface area contributed by atoms with Gasteiger partial charge in [0.2, 0.25) is 5.82 Å². The molecule has 0 bridgehead atoms. The number of nitrogens with zero attached hydrogens (tertiary/aromatic N) is 5. The van der Waals surface area contributed by atoms with Crippen LogP contribution >= 0.6 is 0 Å². The van der Waals surface area contributed by atoms with E-state index < -0.39 is 0 Å². The molecule has 1 N–H and O–H groups in total. The maximum atomic E-state index is 9.22. The van der Waals surface area contributed by atoms with Gasteiger partial charge in [-0.3, -0.25) is 0 Å². The van der Waals surface area contributed by atoms with Crippen LogP contribution in [0.1, 0.15) is 36.7 Å². The molecule has 0 aliphatic heterocycles. The predicted molar refractivity (Wildman–Crippen MR) is 93.5 cm³/mol. The summed E-state index contributed by atoms with van der Waals surface area (Å²) in [5.41, 5.74) is 3.79. The van der Waals surface area contributed by atoms with Crippen LogP contribution in [0.25, 0.3) is 11.2 Å². The number of nitrogens with one attached hydrogen (secondary N) is 1. The fourth-order valence-corrected chi connectivity index (χ4v) is 2.62. The number of anilines is 1. The third kappa shape index (κ3) is 3.35. The molecule has 0 aliphatic carbocycles. The Morgan fingerprint density at radius 2 is 2.17 bits per heavy atom. The summed E-state index contributed by atoms with van der Waals surface area (Å²) < 4.78 is 1.99. The third-order valence-electron chi connectivity index (χ3n) is 3.86. The number of nitriles is 1. The van der Waals surface area contributed by atoms with Crippen LogP contribution in [0.2, 0.25) is 0 Å². The standard InChI is InChI=1S/C18H20N6/c1-3-4-8-24-12-21-16-17(22-15(10-19)23-18(16)24)20-11-14-7-5-6-13(2)9-14/h5-7,9,12H,3-4,8,11H2,1-2H3,(H,20,22,23). The number of unbranched alkanes of at least 4 members (excludes halogenated alkanes) is 1. The van der Waals surface area contributed by atoms with E-state index in [9.17, 15) is 5.26 Å². The van der Waals surface area contributed by atoms with Crippen molar-refractivity contribution in [3.63, 3.8) is 0 Å². The smallest absolute Gasteiger partial charge is 0.236 e.